The van der Waals surface area contributed by atoms with Crippen LogP contribution in [0.25, 0.3) is 43.9 Å². The molecule has 1 aliphatic carbocycles. The van der Waals surface area contributed by atoms with Gasteiger partial charge in [-0.3, -0.25) is 9.78 Å². The summed E-state index contributed by atoms with van der Waals surface area (Å²) in [6.07, 6.45) is 6.48. The first-order valence-corrected chi connectivity index (χ1v) is 17.9. The number of fused-ring (bicyclic) bond motifs is 6. The Labute approximate surface area is 313 Å². The van der Waals surface area contributed by atoms with Crippen LogP contribution in [-0.4, -0.2) is 20.9 Å². The van der Waals surface area contributed by atoms with E-state index in [0.29, 0.717) is 0 Å². The van der Waals surface area contributed by atoms with Crippen LogP contribution >= 0.6 is 0 Å². The van der Waals surface area contributed by atoms with Crippen LogP contribution in [0.5, 0.6) is 0 Å². The number of benzene rings is 4. The van der Waals surface area contributed by atoms with Crippen molar-refractivity contribution < 1.29 is 30.0 Å². The van der Waals surface area contributed by atoms with E-state index in [1.54, 1.807) is 6.33 Å². The minimum absolute atomic E-state index is 0. The summed E-state index contributed by atoms with van der Waals surface area (Å²) in [5, 5.41) is 15.1. The molecular weight excluding hydrogens is 793 g/mol. The van der Waals surface area contributed by atoms with Crippen molar-refractivity contribution in [3.05, 3.63) is 107 Å². The van der Waals surface area contributed by atoms with Crippen LogP contribution in [0.2, 0.25) is 0 Å². The summed E-state index contributed by atoms with van der Waals surface area (Å²) in [6.45, 7) is 23.2. The molecule has 50 heavy (non-hydrogen) atoms. The number of rotatable bonds is 8. The molecule has 1 heterocycles. The molecule has 4 aromatic carbocycles. The van der Waals surface area contributed by atoms with Crippen molar-refractivity contribution in [2.45, 2.75) is 107 Å². The van der Waals surface area contributed by atoms with Crippen molar-refractivity contribution in [3.63, 3.8) is 0 Å². The molecular formula is C45H53IrN2O2-. The third-order valence-corrected chi connectivity index (χ3v) is 11.6. The largest absolute Gasteiger partial charge is 0.512 e. The molecule has 0 fully saturated rings. The van der Waals surface area contributed by atoms with Gasteiger partial charge in [0.05, 0.1) is 5.69 Å². The third-order valence-electron chi connectivity index (χ3n) is 11.6. The van der Waals surface area contributed by atoms with Gasteiger partial charge >= 0.3 is 0 Å². The molecule has 6 rings (SSSR count). The predicted octanol–water partition coefficient (Wildman–Crippen LogP) is 12.1. The SMILES string of the molecule is CCC(C)(CC)C(=O)/C=C(\O)C(C)(CC)CC.Cc1cc(C)c2c(C)cc(-c3ncnc4c3-c3ccc5ccccc5c3C4(C)C)[c-]c2c1.[Ir]. The van der Waals surface area contributed by atoms with Gasteiger partial charge < -0.3 is 5.11 Å². The van der Waals surface area contributed by atoms with E-state index >= 15 is 0 Å². The Hall–Kier alpha value is -3.66. The number of carbonyl (C=O) groups is 1. The Bertz CT molecular complexity index is 2080. The number of aryl methyl sites for hydroxylation is 3. The number of ketones is 1. The number of carbonyl (C=O) groups excluding carboxylic acids is 1. The summed E-state index contributed by atoms with van der Waals surface area (Å²) in [4.78, 5) is 21.8. The number of nitrogens with zero attached hydrogens (tertiary/aromatic N) is 2. The van der Waals surface area contributed by atoms with Crippen LogP contribution < -0.4 is 0 Å². The van der Waals surface area contributed by atoms with E-state index in [9.17, 15) is 9.90 Å². The molecule has 0 spiro atoms. The standard InChI is InChI=1S/C30H25N2.C15H28O2.Ir/c1-17-12-18(2)25-19(3)14-22(15-21(25)13-17)28-26-24-11-10-20-8-6-7-9-23(20)27(24)30(4,5)29(26)32-16-31-28;1-7-14(5,8-2)12(16)11-13(17)15(6,9-3)10-4;/h6-14,16H,1-5H3;11,16H,7-10H2,1-6H3;/q-1;;/b;12-11-;. The van der Waals surface area contributed by atoms with Gasteiger partial charge in [-0.15, -0.1) is 29.1 Å². The van der Waals surface area contributed by atoms with Gasteiger partial charge in [0.15, 0.2) is 5.78 Å². The van der Waals surface area contributed by atoms with Crippen molar-refractivity contribution in [3.8, 4) is 22.4 Å². The van der Waals surface area contributed by atoms with Gasteiger partial charge in [0.1, 0.15) is 12.1 Å². The van der Waals surface area contributed by atoms with Crippen LogP contribution in [-0.2, 0) is 30.3 Å². The monoisotopic (exact) mass is 846 g/mol. The van der Waals surface area contributed by atoms with Gasteiger partial charge in [0, 0.05) is 48.1 Å². The molecule has 0 unspecified atom stereocenters. The zero-order chi connectivity index (χ0) is 35.9. The molecule has 0 bridgehead atoms. The molecule has 5 heteroatoms. The fraction of sp³-hybridized carbons (Fsp3) is 0.400. The van der Waals surface area contributed by atoms with E-state index in [1.807, 2.05) is 41.5 Å². The van der Waals surface area contributed by atoms with Crippen molar-refractivity contribution >= 4 is 27.3 Å². The Morgan fingerprint density at radius 1 is 0.860 bits per heavy atom. The predicted molar refractivity (Wildman–Crippen MR) is 206 cm³/mol. The molecule has 5 aromatic rings. The molecule has 0 atom stereocenters. The topological polar surface area (TPSA) is 63.1 Å². The number of aromatic nitrogens is 2. The van der Waals surface area contributed by atoms with Crippen molar-refractivity contribution in [1.82, 2.24) is 9.97 Å². The fourth-order valence-corrected chi connectivity index (χ4v) is 7.46. The van der Waals surface area contributed by atoms with Crippen LogP contribution in [0.3, 0.4) is 0 Å². The van der Waals surface area contributed by atoms with Gasteiger partial charge in [-0.25, -0.2) is 4.98 Å². The van der Waals surface area contributed by atoms with Crippen LogP contribution in [0.1, 0.15) is 109 Å². The molecule has 1 aliphatic rings. The second kappa shape index (κ2) is 14.9. The first-order valence-electron chi connectivity index (χ1n) is 17.9. The molecule has 1 N–H and O–H groups in total. The minimum Gasteiger partial charge on any atom is -0.512 e. The quantitative estimate of drug-likeness (QED) is 0.0960. The van der Waals surface area contributed by atoms with E-state index in [4.69, 9.17) is 9.97 Å². The number of allylic oxidation sites excluding steroid dienone is 2. The summed E-state index contributed by atoms with van der Waals surface area (Å²) in [6, 6.07) is 23.5. The number of hydrogen-bond donors (Lipinski definition) is 1. The fourth-order valence-electron chi connectivity index (χ4n) is 7.46. The van der Waals surface area contributed by atoms with E-state index < -0.39 is 0 Å². The summed E-state index contributed by atoms with van der Waals surface area (Å²) >= 11 is 0. The average Bonchev–Trinajstić information content (AvgIpc) is 3.33. The zero-order valence-corrected chi connectivity index (χ0v) is 34.2. The Balaban J connectivity index is 0.000000269. The Kier molecular flexibility index (Phi) is 11.7. The normalized spacial score (nSPS) is 13.7. The van der Waals surface area contributed by atoms with Gasteiger partial charge in [-0.05, 0) is 67.0 Å². The molecule has 1 radical (unpaired) electrons. The number of aliphatic hydroxyl groups excluding tert-OH is 1. The molecule has 0 saturated heterocycles. The Morgan fingerprint density at radius 3 is 2.12 bits per heavy atom. The van der Waals surface area contributed by atoms with Crippen molar-refractivity contribution in [2.24, 2.45) is 10.8 Å². The second-order valence-corrected chi connectivity index (χ2v) is 15.1. The number of aliphatic hydroxyl groups is 1. The van der Waals surface area contributed by atoms with Gasteiger partial charge in [0.2, 0.25) is 0 Å². The first-order chi connectivity index (χ1) is 23.1. The minimum atomic E-state index is -0.337. The van der Waals surface area contributed by atoms with Crippen LogP contribution in [0, 0.1) is 37.7 Å². The van der Waals surface area contributed by atoms with Crippen molar-refractivity contribution in [2.75, 3.05) is 0 Å². The van der Waals surface area contributed by atoms with Crippen molar-refractivity contribution in [1.29, 1.82) is 0 Å². The molecule has 0 saturated carbocycles. The van der Waals surface area contributed by atoms with Crippen LogP contribution in [0.4, 0.5) is 0 Å². The maximum absolute atomic E-state index is 12.2. The first kappa shape index (κ1) is 39.1. The van der Waals surface area contributed by atoms with Gasteiger partial charge in [-0.2, -0.15) is 0 Å². The van der Waals surface area contributed by atoms with Crippen LogP contribution in [0.15, 0.2) is 72.8 Å². The Morgan fingerprint density at radius 2 is 1.48 bits per heavy atom. The van der Waals surface area contributed by atoms with Gasteiger partial charge in [0.25, 0.3) is 0 Å². The average molecular weight is 846 g/mol. The molecule has 1 aromatic heterocycles. The maximum atomic E-state index is 12.2. The van der Waals surface area contributed by atoms with E-state index in [2.05, 4.69) is 95.3 Å². The number of hydrogen-bond acceptors (Lipinski definition) is 4. The smallest absolute Gasteiger partial charge is 0.164 e. The summed E-state index contributed by atoms with van der Waals surface area (Å²) in [7, 11) is 0. The van der Waals surface area contributed by atoms with Gasteiger partial charge in [-0.1, -0.05) is 127 Å². The maximum Gasteiger partial charge on any atom is 0.164 e. The summed E-state index contributed by atoms with van der Waals surface area (Å²) in [5.74, 6) is 0.286. The zero-order valence-electron chi connectivity index (χ0n) is 31.8. The summed E-state index contributed by atoms with van der Waals surface area (Å²) < 4.78 is 0. The van der Waals surface area contributed by atoms with E-state index in [1.165, 1.54) is 50.1 Å². The molecule has 265 valence electrons. The summed E-state index contributed by atoms with van der Waals surface area (Å²) in [5.41, 5.74) is 9.86. The van der Waals surface area contributed by atoms with E-state index in [-0.39, 0.29) is 47.9 Å². The van der Waals surface area contributed by atoms with E-state index in [0.717, 1.165) is 53.6 Å². The third kappa shape index (κ3) is 6.84. The molecule has 4 nitrogen and oxygen atoms in total. The molecule has 0 amide bonds. The molecule has 0 aliphatic heterocycles. The second-order valence-electron chi connectivity index (χ2n) is 15.1.